The van der Waals surface area contributed by atoms with E-state index in [4.69, 9.17) is 0 Å². The number of benzene rings is 1. The molecule has 0 aliphatic carbocycles. The maximum absolute atomic E-state index is 10.5. The molecule has 102 valence electrons. The Kier molecular flexibility index (Phi) is 3.71. The van der Waals surface area contributed by atoms with Crippen LogP contribution in [0.1, 0.15) is 40.0 Å². The lowest BCUT2D eigenvalue weighted by atomic mass is 9.95. The molecular weight excluding hydrogens is 238 g/mol. The predicted octanol–water partition coefficient (Wildman–Crippen LogP) is 2.55. The summed E-state index contributed by atoms with van der Waals surface area (Å²) in [5, 5.41) is 14.8. The third kappa shape index (κ3) is 2.84. The summed E-state index contributed by atoms with van der Waals surface area (Å²) in [6.45, 7) is 10.4. The van der Waals surface area contributed by atoms with E-state index >= 15 is 0 Å². The van der Waals surface area contributed by atoms with Crippen molar-refractivity contribution in [1.82, 2.24) is 14.8 Å². The van der Waals surface area contributed by atoms with Gasteiger partial charge in [-0.3, -0.25) is 0 Å². The first kappa shape index (κ1) is 13.7. The van der Waals surface area contributed by atoms with Gasteiger partial charge in [0, 0.05) is 0 Å². The van der Waals surface area contributed by atoms with Crippen LogP contribution in [0.3, 0.4) is 0 Å². The van der Waals surface area contributed by atoms with Gasteiger partial charge in [-0.05, 0) is 51.3 Å². The van der Waals surface area contributed by atoms with E-state index in [2.05, 4.69) is 29.1 Å². The Labute approximate surface area is 114 Å². The van der Waals surface area contributed by atoms with Crippen LogP contribution >= 0.6 is 0 Å². The number of hydrogen-bond acceptors (Lipinski definition) is 3. The van der Waals surface area contributed by atoms with Crippen molar-refractivity contribution in [2.45, 2.75) is 47.3 Å². The molecule has 1 heterocycles. The third-order valence-electron chi connectivity index (χ3n) is 3.38. The molecule has 0 fully saturated rings. The lowest BCUT2D eigenvalue weighted by molar-refractivity contribution is 0.149. The predicted molar refractivity (Wildman–Crippen MR) is 75.1 cm³/mol. The van der Waals surface area contributed by atoms with Gasteiger partial charge in [-0.1, -0.05) is 17.7 Å². The highest BCUT2D eigenvalue weighted by Crippen LogP contribution is 2.24. The lowest BCUT2D eigenvalue weighted by Crippen LogP contribution is -2.14. The quantitative estimate of drug-likeness (QED) is 0.921. The Bertz CT molecular complexity index is 578. The van der Waals surface area contributed by atoms with Crippen LogP contribution < -0.4 is 0 Å². The topological polar surface area (TPSA) is 50.9 Å². The Hall–Kier alpha value is -1.68. The zero-order chi connectivity index (χ0) is 14.2. The van der Waals surface area contributed by atoms with Gasteiger partial charge in [0.05, 0.1) is 12.6 Å². The minimum absolute atomic E-state index is 0.442. The second kappa shape index (κ2) is 5.13. The van der Waals surface area contributed by atoms with Crippen molar-refractivity contribution in [2.24, 2.45) is 0 Å². The second-order valence-electron chi connectivity index (χ2n) is 5.22. The summed E-state index contributed by atoms with van der Waals surface area (Å²) in [4.78, 5) is 4.26. The van der Waals surface area contributed by atoms with Crippen molar-refractivity contribution in [1.29, 1.82) is 0 Å². The lowest BCUT2D eigenvalue weighted by Gasteiger charge is -2.18. The van der Waals surface area contributed by atoms with E-state index in [0.717, 1.165) is 28.3 Å². The Morgan fingerprint density at radius 1 is 1.11 bits per heavy atom. The van der Waals surface area contributed by atoms with Crippen LogP contribution in [0.25, 0.3) is 0 Å². The standard InChI is InChI=1S/C15H21N3O/c1-9-6-10(2)15(11(3)7-9)14(19)8-18-13(5)16-12(4)17-18/h6-7,14,19H,8H2,1-5H3. The molecule has 1 atom stereocenters. The maximum atomic E-state index is 10.5. The molecule has 4 nitrogen and oxygen atoms in total. The molecule has 0 spiro atoms. The van der Waals surface area contributed by atoms with E-state index in [1.165, 1.54) is 5.56 Å². The summed E-state index contributed by atoms with van der Waals surface area (Å²) in [6.07, 6.45) is -0.555. The summed E-state index contributed by atoms with van der Waals surface area (Å²) >= 11 is 0. The summed E-state index contributed by atoms with van der Waals surface area (Å²) in [6, 6.07) is 4.20. The van der Waals surface area contributed by atoms with Gasteiger partial charge in [0.2, 0.25) is 0 Å². The minimum Gasteiger partial charge on any atom is -0.386 e. The number of aliphatic hydroxyl groups excluding tert-OH is 1. The number of aliphatic hydroxyl groups is 1. The molecule has 0 bridgehead atoms. The summed E-state index contributed by atoms with van der Waals surface area (Å²) < 4.78 is 1.76. The SMILES string of the molecule is Cc1cc(C)c(C(O)Cn2nc(C)nc2C)c(C)c1. The molecule has 0 saturated carbocycles. The Morgan fingerprint density at radius 2 is 1.68 bits per heavy atom. The van der Waals surface area contributed by atoms with Gasteiger partial charge in [-0.2, -0.15) is 5.10 Å². The van der Waals surface area contributed by atoms with E-state index in [9.17, 15) is 5.11 Å². The van der Waals surface area contributed by atoms with E-state index < -0.39 is 6.10 Å². The monoisotopic (exact) mass is 259 g/mol. The fourth-order valence-corrected chi connectivity index (χ4v) is 2.71. The van der Waals surface area contributed by atoms with Crippen molar-refractivity contribution in [3.05, 3.63) is 46.0 Å². The largest absolute Gasteiger partial charge is 0.386 e. The number of hydrogen-bond donors (Lipinski definition) is 1. The van der Waals surface area contributed by atoms with Crippen molar-refractivity contribution < 1.29 is 5.11 Å². The molecule has 0 aliphatic heterocycles. The summed E-state index contributed by atoms with van der Waals surface area (Å²) in [7, 11) is 0. The van der Waals surface area contributed by atoms with Gasteiger partial charge in [0.1, 0.15) is 11.6 Å². The summed E-state index contributed by atoms with van der Waals surface area (Å²) in [5.41, 5.74) is 4.47. The molecule has 0 amide bonds. The summed E-state index contributed by atoms with van der Waals surface area (Å²) in [5.74, 6) is 1.57. The molecule has 1 aromatic carbocycles. The van der Waals surface area contributed by atoms with Crippen LogP contribution in [-0.2, 0) is 6.54 Å². The Morgan fingerprint density at radius 3 is 2.16 bits per heavy atom. The highest BCUT2D eigenvalue weighted by Gasteiger charge is 2.16. The average Bonchev–Trinajstić information content (AvgIpc) is 2.55. The zero-order valence-electron chi connectivity index (χ0n) is 12.2. The number of aromatic nitrogens is 3. The molecule has 2 rings (SSSR count). The molecular formula is C15H21N3O. The van der Waals surface area contributed by atoms with Gasteiger partial charge in [0.15, 0.2) is 0 Å². The highest BCUT2D eigenvalue weighted by molar-refractivity contribution is 5.38. The van der Waals surface area contributed by atoms with E-state index in [0.29, 0.717) is 6.54 Å². The van der Waals surface area contributed by atoms with Crippen LogP contribution in [0.4, 0.5) is 0 Å². The second-order valence-corrected chi connectivity index (χ2v) is 5.22. The van der Waals surface area contributed by atoms with Gasteiger partial charge in [0.25, 0.3) is 0 Å². The van der Waals surface area contributed by atoms with Crippen LogP contribution in [0, 0.1) is 34.6 Å². The normalized spacial score (nSPS) is 12.7. The molecule has 0 aliphatic rings. The van der Waals surface area contributed by atoms with Crippen LogP contribution in [0.5, 0.6) is 0 Å². The van der Waals surface area contributed by atoms with Gasteiger partial charge < -0.3 is 5.11 Å². The van der Waals surface area contributed by atoms with E-state index in [-0.39, 0.29) is 0 Å². The average molecular weight is 259 g/mol. The molecule has 1 unspecified atom stereocenters. The number of rotatable bonds is 3. The Balaban J connectivity index is 2.30. The first-order valence-corrected chi connectivity index (χ1v) is 6.52. The molecule has 19 heavy (non-hydrogen) atoms. The van der Waals surface area contributed by atoms with Gasteiger partial charge in [-0.25, -0.2) is 9.67 Å². The third-order valence-corrected chi connectivity index (χ3v) is 3.38. The van der Waals surface area contributed by atoms with Gasteiger partial charge in [-0.15, -0.1) is 0 Å². The molecule has 0 saturated heterocycles. The smallest absolute Gasteiger partial charge is 0.147 e. The van der Waals surface area contributed by atoms with Crippen molar-refractivity contribution in [2.75, 3.05) is 0 Å². The van der Waals surface area contributed by atoms with Gasteiger partial charge >= 0.3 is 0 Å². The highest BCUT2D eigenvalue weighted by atomic mass is 16.3. The minimum atomic E-state index is -0.555. The first-order valence-electron chi connectivity index (χ1n) is 6.52. The molecule has 4 heteroatoms. The fourth-order valence-electron chi connectivity index (χ4n) is 2.71. The molecule has 0 radical (unpaired) electrons. The van der Waals surface area contributed by atoms with Crippen LogP contribution in [0.2, 0.25) is 0 Å². The van der Waals surface area contributed by atoms with Crippen LogP contribution in [0.15, 0.2) is 12.1 Å². The molecule has 2 aromatic rings. The zero-order valence-corrected chi connectivity index (χ0v) is 12.2. The molecule has 1 N–H and O–H groups in total. The van der Waals surface area contributed by atoms with Crippen molar-refractivity contribution in [3.63, 3.8) is 0 Å². The van der Waals surface area contributed by atoms with Crippen molar-refractivity contribution >= 4 is 0 Å². The van der Waals surface area contributed by atoms with Crippen molar-refractivity contribution in [3.8, 4) is 0 Å². The van der Waals surface area contributed by atoms with E-state index in [1.807, 2.05) is 27.7 Å². The first-order chi connectivity index (χ1) is 8.88. The molecule has 1 aromatic heterocycles. The fraction of sp³-hybridized carbons (Fsp3) is 0.467. The number of nitrogens with zero attached hydrogens (tertiary/aromatic N) is 3. The van der Waals surface area contributed by atoms with E-state index in [1.54, 1.807) is 4.68 Å². The maximum Gasteiger partial charge on any atom is 0.147 e. The number of aryl methyl sites for hydroxylation is 5. The van der Waals surface area contributed by atoms with Crippen LogP contribution in [-0.4, -0.2) is 19.9 Å².